The number of carbonyl (C=O) groups is 3. The van der Waals surface area contributed by atoms with Crippen LogP contribution in [0.5, 0.6) is 0 Å². The maximum absolute atomic E-state index is 13.9. The van der Waals surface area contributed by atoms with Crippen molar-refractivity contribution >= 4 is 17.7 Å². The van der Waals surface area contributed by atoms with Crippen molar-refractivity contribution in [1.29, 1.82) is 0 Å². The van der Waals surface area contributed by atoms with Crippen LogP contribution in [0.25, 0.3) is 0 Å². The van der Waals surface area contributed by atoms with Gasteiger partial charge in [-0.2, -0.15) is 0 Å². The molecule has 38 heavy (non-hydrogen) atoms. The number of methoxy groups -OCH3 is 1. The van der Waals surface area contributed by atoms with Gasteiger partial charge >= 0.3 is 11.9 Å². The van der Waals surface area contributed by atoms with E-state index in [9.17, 15) is 14.4 Å². The van der Waals surface area contributed by atoms with Crippen LogP contribution in [-0.2, 0) is 19.1 Å². The molecule has 1 unspecified atom stereocenters. The van der Waals surface area contributed by atoms with Crippen molar-refractivity contribution in [2.75, 3.05) is 7.11 Å². The fourth-order valence-corrected chi connectivity index (χ4v) is 8.88. The predicted molar refractivity (Wildman–Crippen MR) is 146 cm³/mol. The summed E-state index contributed by atoms with van der Waals surface area (Å²) in [6.45, 7) is 8.81. The molecule has 0 aliphatic heterocycles. The van der Waals surface area contributed by atoms with Crippen molar-refractivity contribution in [3.8, 4) is 0 Å². The number of benzene rings is 1. The van der Waals surface area contributed by atoms with Crippen LogP contribution in [-0.4, -0.2) is 30.9 Å². The van der Waals surface area contributed by atoms with Crippen molar-refractivity contribution in [2.45, 2.75) is 91.6 Å². The van der Waals surface area contributed by atoms with E-state index >= 15 is 0 Å². The Bertz CT molecular complexity index is 1120. The molecule has 0 heterocycles. The summed E-state index contributed by atoms with van der Waals surface area (Å²) in [7, 11) is 1.44. The topological polar surface area (TPSA) is 69.7 Å². The predicted octanol–water partition coefficient (Wildman–Crippen LogP) is 6.87. The van der Waals surface area contributed by atoms with Gasteiger partial charge in [0.15, 0.2) is 5.78 Å². The fraction of sp³-hybridized carbons (Fsp3) is 0.667. The number of allylic oxidation sites excluding steroid dienone is 2. The van der Waals surface area contributed by atoms with Crippen LogP contribution in [0.15, 0.2) is 35.9 Å². The molecule has 0 saturated heterocycles. The van der Waals surface area contributed by atoms with Crippen LogP contribution in [0.1, 0.15) is 94.5 Å². The molecule has 0 spiro atoms. The van der Waals surface area contributed by atoms with Crippen molar-refractivity contribution in [3.05, 3.63) is 47.0 Å². The lowest BCUT2D eigenvalue weighted by atomic mass is 9.48. The molecule has 1 aromatic rings. The summed E-state index contributed by atoms with van der Waals surface area (Å²) in [4.78, 5) is 38.5. The van der Waals surface area contributed by atoms with Gasteiger partial charge in [0.05, 0.1) is 12.7 Å². The average molecular weight is 521 g/mol. The van der Waals surface area contributed by atoms with E-state index in [2.05, 4.69) is 26.8 Å². The molecule has 5 heteroatoms. The monoisotopic (exact) mass is 520 g/mol. The molecule has 0 aromatic heterocycles. The zero-order valence-electron chi connectivity index (χ0n) is 23.8. The third-order valence-electron chi connectivity index (χ3n) is 11.2. The number of rotatable bonds is 6. The second-order valence-electron chi connectivity index (χ2n) is 13.1. The molecule has 0 radical (unpaired) electrons. The van der Waals surface area contributed by atoms with Gasteiger partial charge in [-0.05, 0) is 112 Å². The number of fused-ring (bicyclic) bond motifs is 5. The quantitative estimate of drug-likeness (QED) is 0.383. The van der Waals surface area contributed by atoms with E-state index in [1.54, 1.807) is 0 Å². The molecule has 1 aromatic carbocycles. The summed E-state index contributed by atoms with van der Waals surface area (Å²) < 4.78 is 10.8. The van der Waals surface area contributed by atoms with Gasteiger partial charge < -0.3 is 9.47 Å². The Labute approximate surface area is 227 Å². The lowest BCUT2D eigenvalue weighted by molar-refractivity contribution is -0.141. The minimum Gasteiger partial charge on any atom is -0.469 e. The summed E-state index contributed by atoms with van der Waals surface area (Å²) in [5.41, 5.74) is 2.79. The Morgan fingerprint density at radius 1 is 1.05 bits per heavy atom. The number of hydrogen-bond donors (Lipinski definition) is 0. The van der Waals surface area contributed by atoms with E-state index < -0.39 is 0 Å². The molecule has 5 rings (SSSR count). The molecule has 0 bridgehead atoms. The van der Waals surface area contributed by atoms with Gasteiger partial charge in [-0.15, -0.1) is 0 Å². The van der Waals surface area contributed by atoms with Gasteiger partial charge in [0.25, 0.3) is 0 Å². The van der Waals surface area contributed by atoms with Crippen molar-refractivity contribution in [2.24, 2.45) is 40.4 Å². The Morgan fingerprint density at radius 2 is 1.79 bits per heavy atom. The third kappa shape index (κ3) is 4.54. The minimum atomic E-state index is -0.340. The molecule has 3 fully saturated rings. The lowest BCUT2D eigenvalue weighted by Gasteiger charge is -2.56. The lowest BCUT2D eigenvalue weighted by Crippen LogP contribution is -2.52. The standard InChI is InChI=1S/C33H44O5/c1-20-6-9-22(10-7-20)31(36)38-24-16-17-32(3)23(18-24)11-12-25-27-14-13-26(21(2)8-15-30(35)37-5)33(27,4)29(34)19-28(25)32/h6-7,9-10,19,21,23-27H,8,11-18H2,1-5H3/t21-,23+,24+,25-,26?,27-,32-,33+/m0/s1. The van der Waals surface area contributed by atoms with Gasteiger partial charge in [0.1, 0.15) is 6.10 Å². The van der Waals surface area contributed by atoms with Crippen LogP contribution in [0, 0.1) is 47.3 Å². The highest BCUT2D eigenvalue weighted by atomic mass is 16.5. The molecule has 4 aliphatic rings. The summed E-state index contributed by atoms with van der Waals surface area (Å²) in [5.74, 6) is 1.81. The molecule has 0 amide bonds. The van der Waals surface area contributed by atoms with Gasteiger partial charge in [-0.3, -0.25) is 9.59 Å². The van der Waals surface area contributed by atoms with E-state index in [0.717, 1.165) is 56.9 Å². The van der Waals surface area contributed by atoms with Crippen LogP contribution < -0.4 is 0 Å². The Balaban J connectivity index is 1.30. The summed E-state index contributed by atoms with van der Waals surface area (Å²) in [5, 5.41) is 0. The first-order valence-corrected chi connectivity index (χ1v) is 14.7. The van der Waals surface area contributed by atoms with Crippen LogP contribution in [0.4, 0.5) is 0 Å². The molecule has 5 nitrogen and oxygen atoms in total. The van der Waals surface area contributed by atoms with E-state index in [-0.39, 0.29) is 28.9 Å². The Hall–Kier alpha value is -2.43. The summed E-state index contributed by atoms with van der Waals surface area (Å²) in [6, 6.07) is 7.58. The maximum atomic E-state index is 13.9. The SMILES string of the molecule is COC(=O)CC[C@H](C)C1CC[C@H]2[C@@H]3CC[C@@H]4C[C@H](OC(=O)c5ccc(C)cc5)CC[C@]4(C)C3=CC(=O)[C@]12C. The van der Waals surface area contributed by atoms with Crippen molar-refractivity contribution < 1.29 is 23.9 Å². The molecular weight excluding hydrogens is 476 g/mol. The Kier molecular flexibility index (Phi) is 7.34. The number of ether oxygens (including phenoxy) is 2. The van der Waals surface area contributed by atoms with Gasteiger partial charge in [-0.1, -0.05) is 44.0 Å². The van der Waals surface area contributed by atoms with Crippen LogP contribution in [0.2, 0.25) is 0 Å². The maximum Gasteiger partial charge on any atom is 0.338 e. The van der Waals surface area contributed by atoms with E-state index in [0.29, 0.717) is 47.4 Å². The molecular formula is C33H44O5. The number of esters is 2. The van der Waals surface area contributed by atoms with Crippen molar-refractivity contribution in [1.82, 2.24) is 0 Å². The van der Waals surface area contributed by atoms with Gasteiger partial charge in [0.2, 0.25) is 0 Å². The largest absolute Gasteiger partial charge is 0.469 e. The number of hydrogen-bond acceptors (Lipinski definition) is 5. The molecule has 0 N–H and O–H groups in total. The smallest absolute Gasteiger partial charge is 0.338 e. The second kappa shape index (κ2) is 10.3. The zero-order valence-corrected chi connectivity index (χ0v) is 23.8. The van der Waals surface area contributed by atoms with E-state index in [1.165, 1.54) is 12.7 Å². The van der Waals surface area contributed by atoms with E-state index in [1.807, 2.05) is 31.2 Å². The third-order valence-corrected chi connectivity index (χ3v) is 11.2. The highest BCUT2D eigenvalue weighted by Gasteiger charge is 2.61. The molecule has 4 aliphatic carbocycles. The average Bonchev–Trinajstić information content (AvgIpc) is 3.27. The van der Waals surface area contributed by atoms with Crippen LogP contribution >= 0.6 is 0 Å². The number of aryl methyl sites for hydroxylation is 1. The van der Waals surface area contributed by atoms with Crippen molar-refractivity contribution in [3.63, 3.8) is 0 Å². The highest BCUT2D eigenvalue weighted by Crippen LogP contribution is 2.65. The fourth-order valence-electron chi connectivity index (χ4n) is 8.88. The second-order valence-corrected chi connectivity index (χ2v) is 13.1. The van der Waals surface area contributed by atoms with Gasteiger partial charge in [0, 0.05) is 11.8 Å². The van der Waals surface area contributed by atoms with E-state index in [4.69, 9.17) is 9.47 Å². The first-order valence-electron chi connectivity index (χ1n) is 14.7. The molecule has 8 atom stereocenters. The molecule has 3 saturated carbocycles. The number of ketones is 1. The number of carbonyl (C=O) groups excluding carboxylic acids is 3. The van der Waals surface area contributed by atoms with Gasteiger partial charge in [-0.25, -0.2) is 4.79 Å². The zero-order chi connectivity index (χ0) is 27.2. The van der Waals surface area contributed by atoms with Crippen LogP contribution in [0.3, 0.4) is 0 Å². The first kappa shape index (κ1) is 27.1. The summed E-state index contributed by atoms with van der Waals surface area (Å²) >= 11 is 0. The normalized spacial score (nSPS) is 36.8. The summed E-state index contributed by atoms with van der Waals surface area (Å²) in [6.07, 6.45) is 10.3. The molecule has 206 valence electrons. The minimum absolute atomic E-state index is 0.00125. The first-order chi connectivity index (χ1) is 18.1. The highest BCUT2D eigenvalue weighted by molar-refractivity contribution is 5.97. The Morgan fingerprint density at radius 3 is 2.50 bits per heavy atom.